The number of nitrogens with zero attached hydrogens (tertiary/aromatic N) is 1. The van der Waals surface area contributed by atoms with E-state index in [1.54, 1.807) is 0 Å². The molecule has 26 heavy (non-hydrogen) atoms. The topological polar surface area (TPSA) is 49.8 Å². The molecule has 1 amide bonds. The maximum absolute atomic E-state index is 12.9. The van der Waals surface area contributed by atoms with E-state index in [-0.39, 0.29) is 23.5 Å². The zero-order valence-electron chi connectivity index (χ0n) is 16.4. The summed E-state index contributed by atoms with van der Waals surface area (Å²) in [5.41, 5.74) is -0.0335. The number of benzene rings is 1. The Labute approximate surface area is 157 Å². The minimum atomic E-state index is -0.814. The van der Waals surface area contributed by atoms with E-state index < -0.39 is 5.60 Å². The quantitative estimate of drug-likeness (QED) is 0.888. The van der Waals surface area contributed by atoms with Crippen LogP contribution in [0.1, 0.15) is 64.9 Å². The van der Waals surface area contributed by atoms with E-state index in [4.69, 9.17) is 4.74 Å². The van der Waals surface area contributed by atoms with Gasteiger partial charge in [0.15, 0.2) is 0 Å². The highest BCUT2D eigenvalue weighted by Gasteiger charge is 2.50. The van der Waals surface area contributed by atoms with Gasteiger partial charge in [-0.15, -0.1) is 0 Å². The first kappa shape index (κ1) is 19.4. The van der Waals surface area contributed by atoms with Crippen molar-refractivity contribution in [3.63, 3.8) is 0 Å². The molecule has 1 unspecified atom stereocenters. The van der Waals surface area contributed by atoms with Crippen LogP contribution in [-0.4, -0.2) is 40.7 Å². The minimum Gasteiger partial charge on any atom is -0.385 e. The van der Waals surface area contributed by atoms with E-state index >= 15 is 0 Å². The van der Waals surface area contributed by atoms with Crippen molar-refractivity contribution < 1.29 is 14.6 Å². The van der Waals surface area contributed by atoms with E-state index in [1.165, 1.54) is 0 Å². The van der Waals surface area contributed by atoms with Crippen molar-refractivity contribution in [2.45, 2.75) is 76.5 Å². The first-order valence-corrected chi connectivity index (χ1v) is 10.0. The van der Waals surface area contributed by atoms with Crippen molar-refractivity contribution in [1.82, 2.24) is 4.90 Å². The van der Waals surface area contributed by atoms with Crippen molar-refractivity contribution >= 4 is 5.91 Å². The molecule has 1 saturated carbocycles. The number of carbonyl (C=O) groups is 1. The highest BCUT2D eigenvalue weighted by atomic mass is 16.5. The summed E-state index contributed by atoms with van der Waals surface area (Å²) in [5.74, 6) is 0.293. The molecule has 0 radical (unpaired) electrons. The van der Waals surface area contributed by atoms with Crippen LogP contribution in [0.4, 0.5) is 0 Å². The third-order valence-corrected chi connectivity index (χ3v) is 5.92. The van der Waals surface area contributed by atoms with Gasteiger partial charge in [0.2, 0.25) is 5.91 Å². The van der Waals surface area contributed by atoms with Crippen LogP contribution in [0, 0.1) is 5.92 Å². The van der Waals surface area contributed by atoms with Gasteiger partial charge in [-0.25, -0.2) is 0 Å². The fraction of sp³-hybridized carbons (Fsp3) is 0.682. The molecule has 1 aromatic rings. The lowest BCUT2D eigenvalue weighted by Crippen LogP contribution is -2.59. The van der Waals surface area contributed by atoms with Crippen LogP contribution in [0.3, 0.4) is 0 Å². The van der Waals surface area contributed by atoms with E-state index in [9.17, 15) is 9.90 Å². The van der Waals surface area contributed by atoms with Gasteiger partial charge in [0.25, 0.3) is 0 Å². The number of hydrogen-bond donors (Lipinski definition) is 1. The van der Waals surface area contributed by atoms with Gasteiger partial charge >= 0.3 is 0 Å². The van der Waals surface area contributed by atoms with Gasteiger partial charge in [0, 0.05) is 18.5 Å². The SMILES string of the molecule is CC(C)(C)OCCC(=O)N1CCC(O)(c2ccccc2)[C@H]2CCCC[C@@H]21. The number of likely N-dealkylation sites (tertiary alicyclic amines) is 1. The number of carbonyl (C=O) groups excluding carboxylic acids is 1. The summed E-state index contributed by atoms with van der Waals surface area (Å²) in [7, 11) is 0. The molecule has 144 valence electrons. The number of piperidine rings is 1. The Balaban J connectivity index is 1.73. The van der Waals surface area contributed by atoms with Gasteiger partial charge in [-0.05, 0) is 45.6 Å². The van der Waals surface area contributed by atoms with Crippen LogP contribution < -0.4 is 0 Å². The lowest BCUT2D eigenvalue weighted by molar-refractivity contribution is -0.156. The summed E-state index contributed by atoms with van der Waals surface area (Å²) < 4.78 is 5.74. The molecule has 4 nitrogen and oxygen atoms in total. The number of amides is 1. The number of rotatable bonds is 4. The van der Waals surface area contributed by atoms with Crippen LogP contribution in [0.2, 0.25) is 0 Å². The Hall–Kier alpha value is -1.39. The standard InChI is InChI=1S/C22H33NO3/c1-21(2,3)26-16-13-20(24)23-15-14-22(25,17-9-5-4-6-10-17)18-11-7-8-12-19(18)23/h4-6,9-10,18-19,25H,7-8,11-16H2,1-3H3/t18-,19-,22?/m0/s1. The maximum Gasteiger partial charge on any atom is 0.225 e. The van der Waals surface area contributed by atoms with Crippen molar-refractivity contribution in [2.24, 2.45) is 5.92 Å². The molecule has 1 aliphatic carbocycles. The van der Waals surface area contributed by atoms with Crippen molar-refractivity contribution in [1.29, 1.82) is 0 Å². The molecule has 2 fully saturated rings. The molecule has 1 saturated heterocycles. The second-order valence-electron chi connectivity index (χ2n) is 8.80. The van der Waals surface area contributed by atoms with E-state index in [0.717, 1.165) is 31.2 Å². The summed E-state index contributed by atoms with van der Waals surface area (Å²) >= 11 is 0. The number of ether oxygens (including phenoxy) is 1. The van der Waals surface area contributed by atoms with Gasteiger partial charge in [-0.3, -0.25) is 4.79 Å². The Morgan fingerprint density at radius 1 is 1.23 bits per heavy atom. The molecule has 0 aromatic heterocycles. The smallest absolute Gasteiger partial charge is 0.225 e. The lowest BCUT2D eigenvalue weighted by Gasteiger charge is -2.52. The fourth-order valence-electron chi connectivity index (χ4n) is 4.67. The molecule has 1 aromatic carbocycles. The summed E-state index contributed by atoms with van der Waals surface area (Å²) in [4.78, 5) is 14.9. The van der Waals surface area contributed by atoms with Gasteiger partial charge in [0.05, 0.1) is 24.2 Å². The van der Waals surface area contributed by atoms with E-state index in [0.29, 0.717) is 26.0 Å². The molecule has 1 heterocycles. The second kappa shape index (κ2) is 7.69. The summed E-state index contributed by atoms with van der Waals surface area (Å²) in [5, 5.41) is 11.6. The number of hydrogen-bond acceptors (Lipinski definition) is 3. The first-order valence-electron chi connectivity index (χ1n) is 10.0. The molecular weight excluding hydrogens is 326 g/mol. The molecule has 1 aliphatic heterocycles. The highest BCUT2D eigenvalue weighted by Crippen LogP contribution is 2.47. The third kappa shape index (κ3) is 4.12. The molecular formula is C22H33NO3. The average Bonchev–Trinajstić information content (AvgIpc) is 2.62. The van der Waals surface area contributed by atoms with E-state index in [2.05, 4.69) is 0 Å². The van der Waals surface area contributed by atoms with Crippen LogP contribution in [0.25, 0.3) is 0 Å². The largest absolute Gasteiger partial charge is 0.385 e. The maximum atomic E-state index is 12.9. The third-order valence-electron chi connectivity index (χ3n) is 5.92. The Morgan fingerprint density at radius 2 is 1.92 bits per heavy atom. The van der Waals surface area contributed by atoms with Crippen molar-refractivity contribution in [2.75, 3.05) is 13.2 Å². The molecule has 1 N–H and O–H groups in total. The Morgan fingerprint density at radius 3 is 2.62 bits per heavy atom. The second-order valence-corrected chi connectivity index (χ2v) is 8.80. The fourth-order valence-corrected chi connectivity index (χ4v) is 4.67. The Bertz CT molecular complexity index is 610. The number of fused-ring (bicyclic) bond motifs is 1. The molecule has 3 atom stereocenters. The van der Waals surface area contributed by atoms with Crippen LogP contribution in [-0.2, 0) is 15.1 Å². The minimum absolute atomic E-state index is 0.125. The van der Waals surface area contributed by atoms with Gasteiger partial charge in [-0.1, -0.05) is 43.2 Å². The summed E-state index contributed by atoms with van der Waals surface area (Å²) in [6.45, 7) is 7.11. The average molecular weight is 360 g/mol. The number of aliphatic hydroxyl groups is 1. The molecule has 3 rings (SSSR count). The Kier molecular flexibility index (Phi) is 5.73. The van der Waals surface area contributed by atoms with Gasteiger partial charge in [0.1, 0.15) is 0 Å². The zero-order chi connectivity index (χ0) is 18.8. The normalized spacial score (nSPS) is 29.3. The first-order chi connectivity index (χ1) is 12.3. The van der Waals surface area contributed by atoms with Crippen LogP contribution in [0.15, 0.2) is 30.3 Å². The van der Waals surface area contributed by atoms with Crippen molar-refractivity contribution in [3.05, 3.63) is 35.9 Å². The predicted octanol–water partition coefficient (Wildman–Crippen LogP) is 3.87. The van der Waals surface area contributed by atoms with Gasteiger partial charge < -0.3 is 14.7 Å². The zero-order valence-corrected chi connectivity index (χ0v) is 16.4. The van der Waals surface area contributed by atoms with Crippen LogP contribution >= 0.6 is 0 Å². The summed E-state index contributed by atoms with van der Waals surface area (Å²) in [6, 6.07) is 10.2. The molecule has 2 aliphatic rings. The molecule has 4 heteroatoms. The molecule has 0 bridgehead atoms. The summed E-state index contributed by atoms with van der Waals surface area (Å²) in [6.07, 6.45) is 5.28. The van der Waals surface area contributed by atoms with E-state index in [1.807, 2.05) is 56.0 Å². The predicted molar refractivity (Wildman–Crippen MR) is 103 cm³/mol. The van der Waals surface area contributed by atoms with Crippen molar-refractivity contribution in [3.8, 4) is 0 Å². The highest BCUT2D eigenvalue weighted by molar-refractivity contribution is 5.77. The van der Waals surface area contributed by atoms with Crippen LogP contribution in [0.5, 0.6) is 0 Å². The lowest BCUT2D eigenvalue weighted by atomic mass is 9.66. The monoisotopic (exact) mass is 359 g/mol. The molecule has 0 spiro atoms. The van der Waals surface area contributed by atoms with Gasteiger partial charge in [-0.2, -0.15) is 0 Å².